The molecule has 0 radical (unpaired) electrons. The van der Waals surface area contributed by atoms with E-state index in [4.69, 9.17) is 9.47 Å². The van der Waals surface area contributed by atoms with Crippen molar-refractivity contribution in [3.8, 4) is 11.5 Å². The molecular weight excluding hydrogens is 404 g/mol. The van der Waals surface area contributed by atoms with Crippen molar-refractivity contribution in [2.24, 2.45) is 0 Å². The molecule has 0 heterocycles. The van der Waals surface area contributed by atoms with Gasteiger partial charge in [-0.05, 0) is 62.2 Å². The molecule has 0 unspecified atom stereocenters. The molecule has 0 aliphatic carbocycles. The highest BCUT2D eigenvalue weighted by Crippen LogP contribution is 2.25. The van der Waals surface area contributed by atoms with E-state index < -0.39 is 16.1 Å². The molecule has 0 spiro atoms. The molecule has 2 aromatic rings. The van der Waals surface area contributed by atoms with E-state index in [9.17, 15) is 13.2 Å². The molecule has 1 amide bonds. The van der Waals surface area contributed by atoms with E-state index in [1.807, 2.05) is 38.1 Å². The zero-order valence-corrected chi connectivity index (χ0v) is 18.7. The molecule has 0 aromatic heterocycles. The fraction of sp³-hybridized carbons (Fsp3) is 0.409. The Hall–Kier alpha value is -2.74. The Balaban J connectivity index is 2.20. The summed E-state index contributed by atoms with van der Waals surface area (Å²) in [6.07, 6.45) is 1.43. The number of nitrogens with zero attached hydrogens (tertiary/aromatic N) is 1. The Morgan fingerprint density at radius 2 is 1.63 bits per heavy atom. The number of ether oxygens (including phenoxy) is 2. The lowest BCUT2D eigenvalue weighted by Gasteiger charge is -2.30. The number of carbonyl (C=O) groups is 1. The molecule has 7 nitrogen and oxygen atoms in total. The maximum Gasteiger partial charge on any atom is 0.244 e. The van der Waals surface area contributed by atoms with Crippen LogP contribution in [-0.4, -0.2) is 39.8 Å². The van der Waals surface area contributed by atoms with Gasteiger partial charge in [-0.25, -0.2) is 8.42 Å². The average Bonchev–Trinajstić information content (AvgIpc) is 2.71. The topological polar surface area (TPSA) is 84.9 Å². The molecule has 0 aliphatic rings. The Kier molecular flexibility index (Phi) is 8.53. The van der Waals surface area contributed by atoms with Gasteiger partial charge in [0.25, 0.3) is 0 Å². The van der Waals surface area contributed by atoms with E-state index in [0.29, 0.717) is 31.1 Å². The first-order chi connectivity index (χ1) is 14.3. The van der Waals surface area contributed by atoms with Crippen LogP contribution in [0.3, 0.4) is 0 Å². The molecule has 0 aliphatic heterocycles. The Morgan fingerprint density at radius 3 is 2.20 bits per heavy atom. The molecule has 0 bridgehead atoms. The fourth-order valence-corrected chi connectivity index (χ4v) is 4.35. The second kappa shape index (κ2) is 10.9. The van der Waals surface area contributed by atoms with Crippen molar-refractivity contribution in [3.63, 3.8) is 0 Å². The first-order valence-corrected chi connectivity index (χ1v) is 11.9. The van der Waals surface area contributed by atoms with Crippen molar-refractivity contribution < 1.29 is 22.7 Å². The minimum Gasteiger partial charge on any atom is -0.494 e. The fourth-order valence-electron chi connectivity index (χ4n) is 3.14. The Bertz CT molecular complexity index is 929. The van der Waals surface area contributed by atoms with Crippen molar-refractivity contribution in [1.82, 2.24) is 5.32 Å². The van der Waals surface area contributed by atoms with Gasteiger partial charge < -0.3 is 14.8 Å². The number of sulfonamides is 1. The number of hydrogen-bond donors (Lipinski definition) is 1. The number of hydrogen-bond acceptors (Lipinski definition) is 5. The minimum atomic E-state index is -3.68. The first kappa shape index (κ1) is 23.5. The van der Waals surface area contributed by atoms with Crippen LogP contribution in [0, 0.1) is 0 Å². The van der Waals surface area contributed by atoms with E-state index in [1.54, 1.807) is 31.2 Å². The van der Waals surface area contributed by atoms with E-state index in [0.717, 1.165) is 21.9 Å². The van der Waals surface area contributed by atoms with Gasteiger partial charge in [-0.1, -0.05) is 19.1 Å². The zero-order chi connectivity index (χ0) is 22.1. The van der Waals surface area contributed by atoms with E-state index in [-0.39, 0.29) is 12.5 Å². The number of benzene rings is 2. The predicted molar refractivity (Wildman–Crippen MR) is 118 cm³/mol. The van der Waals surface area contributed by atoms with Crippen molar-refractivity contribution in [2.45, 2.75) is 39.8 Å². The number of anilines is 1. The molecular formula is C22H30N2O5S. The highest BCUT2D eigenvalue weighted by molar-refractivity contribution is 7.92. The molecule has 1 N–H and O–H groups in total. The van der Waals surface area contributed by atoms with Gasteiger partial charge in [0.05, 0.1) is 25.2 Å². The van der Waals surface area contributed by atoms with Gasteiger partial charge >= 0.3 is 0 Å². The summed E-state index contributed by atoms with van der Waals surface area (Å²) in [4.78, 5) is 12.9. The molecule has 8 heteroatoms. The van der Waals surface area contributed by atoms with Gasteiger partial charge in [0.1, 0.15) is 17.5 Å². The summed E-state index contributed by atoms with van der Waals surface area (Å²) in [5.74, 6) is 1.00. The van der Waals surface area contributed by atoms with Gasteiger partial charge in [0.15, 0.2) is 0 Å². The third-order valence-electron chi connectivity index (χ3n) is 4.41. The lowest BCUT2D eigenvalue weighted by molar-refractivity contribution is -0.122. The highest BCUT2D eigenvalue weighted by Gasteiger charge is 2.31. The summed E-state index contributed by atoms with van der Waals surface area (Å²) >= 11 is 0. The van der Waals surface area contributed by atoms with Crippen LogP contribution in [0.4, 0.5) is 5.69 Å². The third-order valence-corrected chi connectivity index (χ3v) is 5.59. The summed E-state index contributed by atoms with van der Waals surface area (Å²) < 4.78 is 37.1. The zero-order valence-electron chi connectivity index (χ0n) is 17.9. The predicted octanol–water partition coefficient (Wildman–Crippen LogP) is 3.35. The Labute approximate surface area is 179 Å². The second-order valence-corrected chi connectivity index (χ2v) is 8.57. The summed E-state index contributed by atoms with van der Waals surface area (Å²) in [5, 5.41) is 2.85. The highest BCUT2D eigenvalue weighted by atomic mass is 32.2. The standard InChI is InChI=1S/C22H30N2O5S/c1-5-21(22(25)23-16-17-9-8-10-20(15-17)29-7-3)24(30(4,26)27)18-11-13-19(14-12-18)28-6-2/h8-15,21H,5-7,16H2,1-4H3,(H,23,25)/t21-/m0/s1. The normalized spacial score (nSPS) is 12.1. The number of carbonyl (C=O) groups excluding carboxylic acids is 1. The Morgan fingerprint density at radius 1 is 1.00 bits per heavy atom. The van der Waals surface area contributed by atoms with Gasteiger partial charge in [-0.2, -0.15) is 0 Å². The van der Waals surface area contributed by atoms with Gasteiger partial charge in [0, 0.05) is 6.54 Å². The lowest BCUT2D eigenvalue weighted by Crippen LogP contribution is -2.49. The van der Waals surface area contributed by atoms with Crippen molar-refractivity contribution in [1.29, 1.82) is 0 Å². The summed E-state index contributed by atoms with van der Waals surface area (Å²) in [6, 6.07) is 13.2. The van der Waals surface area contributed by atoms with Gasteiger partial charge in [0.2, 0.25) is 15.9 Å². The van der Waals surface area contributed by atoms with Crippen molar-refractivity contribution in [2.75, 3.05) is 23.8 Å². The van der Waals surface area contributed by atoms with Crippen molar-refractivity contribution >= 4 is 21.6 Å². The van der Waals surface area contributed by atoms with Crippen LogP contribution >= 0.6 is 0 Å². The molecule has 164 valence electrons. The molecule has 2 aromatic carbocycles. The van der Waals surface area contributed by atoms with E-state index in [1.165, 1.54) is 0 Å². The van der Waals surface area contributed by atoms with Crippen LogP contribution in [-0.2, 0) is 21.4 Å². The van der Waals surface area contributed by atoms with E-state index >= 15 is 0 Å². The van der Waals surface area contributed by atoms with Crippen LogP contribution in [0.1, 0.15) is 32.8 Å². The van der Waals surface area contributed by atoms with Crippen LogP contribution in [0.5, 0.6) is 11.5 Å². The quantitative estimate of drug-likeness (QED) is 0.586. The van der Waals surface area contributed by atoms with Crippen LogP contribution in [0.15, 0.2) is 48.5 Å². The molecule has 0 saturated heterocycles. The van der Waals surface area contributed by atoms with Crippen LogP contribution < -0.4 is 19.1 Å². The molecule has 2 rings (SSSR count). The smallest absolute Gasteiger partial charge is 0.244 e. The second-order valence-electron chi connectivity index (χ2n) is 6.71. The third kappa shape index (κ3) is 6.38. The largest absolute Gasteiger partial charge is 0.494 e. The maximum atomic E-state index is 12.9. The van der Waals surface area contributed by atoms with E-state index in [2.05, 4.69) is 5.32 Å². The number of rotatable bonds is 11. The average molecular weight is 435 g/mol. The molecule has 30 heavy (non-hydrogen) atoms. The van der Waals surface area contributed by atoms with Gasteiger partial charge in [-0.3, -0.25) is 9.10 Å². The van der Waals surface area contributed by atoms with Crippen LogP contribution in [0.25, 0.3) is 0 Å². The molecule has 0 saturated carbocycles. The van der Waals surface area contributed by atoms with Crippen LogP contribution in [0.2, 0.25) is 0 Å². The maximum absolute atomic E-state index is 12.9. The monoisotopic (exact) mass is 434 g/mol. The first-order valence-electron chi connectivity index (χ1n) is 10.0. The lowest BCUT2D eigenvalue weighted by atomic mass is 10.1. The number of amides is 1. The molecule has 1 atom stereocenters. The van der Waals surface area contributed by atoms with Crippen molar-refractivity contribution in [3.05, 3.63) is 54.1 Å². The number of nitrogens with one attached hydrogen (secondary N) is 1. The van der Waals surface area contributed by atoms with Gasteiger partial charge in [-0.15, -0.1) is 0 Å². The summed E-state index contributed by atoms with van der Waals surface area (Å²) in [6.45, 7) is 6.90. The summed E-state index contributed by atoms with van der Waals surface area (Å²) in [5.41, 5.74) is 1.29. The summed E-state index contributed by atoms with van der Waals surface area (Å²) in [7, 11) is -3.68. The molecule has 0 fully saturated rings. The SMILES string of the molecule is CCOc1ccc(N([C@@H](CC)C(=O)NCc2cccc(OCC)c2)S(C)(=O)=O)cc1. The minimum absolute atomic E-state index is 0.275.